The van der Waals surface area contributed by atoms with Crippen molar-refractivity contribution in [1.82, 2.24) is 19.5 Å². The minimum atomic E-state index is -0.401. The summed E-state index contributed by atoms with van der Waals surface area (Å²) in [5.74, 6) is -0.333. The lowest BCUT2D eigenvalue weighted by atomic mass is 10.2. The molecular formula is C12H12IN4O3. The van der Waals surface area contributed by atoms with E-state index in [4.69, 9.17) is 9.47 Å². The SMILES string of the molecule is [CH2][C@H]1O[C@@H](n2cnc3c(I)ncnc32)C[C@@H]1OC(C)=O. The molecule has 20 heavy (non-hydrogen) atoms. The predicted molar refractivity (Wildman–Crippen MR) is 77.5 cm³/mol. The van der Waals surface area contributed by atoms with Crippen molar-refractivity contribution in [3.8, 4) is 0 Å². The summed E-state index contributed by atoms with van der Waals surface area (Å²) in [5.41, 5.74) is 1.43. The fraction of sp³-hybridized carbons (Fsp3) is 0.417. The van der Waals surface area contributed by atoms with Crippen molar-refractivity contribution in [3.63, 3.8) is 0 Å². The maximum absolute atomic E-state index is 11.0. The molecule has 0 spiro atoms. The van der Waals surface area contributed by atoms with Gasteiger partial charge in [-0.05, 0) is 29.5 Å². The Hall–Kier alpha value is -1.29. The average Bonchev–Trinajstić information content (AvgIpc) is 2.94. The number of imidazole rings is 1. The van der Waals surface area contributed by atoms with E-state index in [2.05, 4.69) is 44.5 Å². The summed E-state index contributed by atoms with van der Waals surface area (Å²) < 4.78 is 13.5. The third-order valence-corrected chi connectivity index (χ3v) is 3.91. The zero-order chi connectivity index (χ0) is 14.3. The first kappa shape index (κ1) is 13.7. The summed E-state index contributed by atoms with van der Waals surface area (Å²) in [5, 5.41) is 0. The van der Waals surface area contributed by atoms with Crippen LogP contribution >= 0.6 is 22.6 Å². The Balaban J connectivity index is 1.89. The first-order valence-corrected chi connectivity index (χ1v) is 7.13. The normalized spacial score (nSPS) is 26.1. The molecule has 0 N–H and O–H groups in total. The van der Waals surface area contributed by atoms with Crippen LogP contribution in [0.25, 0.3) is 11.2 Å². The van der Waals surface area contributed by atoms with E-state index in [1.165, 1.54) is 13.3 Å². The fourth-order valence-electron chi connectivity index (χ4n) is 2.25. The van der Waals surface area contributed by atoms with Gasteiger partial charge in [0.15, 0.2) is 5.65 Å². The van der Waals surface area contributed by atoms with E-state index in [-0.39, 0.29) is 18.3 Å². The van der Waals surface area contributed by atoms with Gasteiger partial charge < -0.3 is 9.47 Å². The van der Waals surface area contributed by atoms with E-state index >= 15 is 0 Å². The molecule has 0 aromatic carbocycles. The van der Waals surface area contributed by atoms with Crippen LogP contribution in [-0.4, -0.2) is 37.7 Å². The Labute approximate surface area is 128 Å². The Kier molecular flexibility index (Phi) is 3.59. The summed E-state index contributed by atoms with van der Waals surface area (Å²) in [6, 6.07) is 0. The van der Waals surface area contributed by atoms with Crippen LogP contribution in [0.4, 0.5) is 0 Å². The van der Waals surface area contributed by atoms with Gasteiger partial charge in [0.2, 0.25) is 0 Å². The maximum Gasteiger partial charge on any atom is 0.302 e. The van der Waals surface area contributed by atoms with E-state index in [1.807, 2.05) is 4.57 Å². The molecule has 1 saturated heterocycles. The quantitative estimate of drug-likeness (QED) is 0.441. The molecule has 0 amide bonds. The fourth-order valence-corrected chi connectivity index (χ4v) is 2.75. The number of carbonyl (C=O) groups excluding carboxylic acids is 1. The number of hydrogen-bond acceptors (Lipinski definition) is 6. The molecule has 2 aromatic heterocycles. The van der Waals surface area contributed by atoms with Crippen molar-refractivity contribution in [2.45, 2.75) is 31.8 Å². The Morgan fingerprint density at radius 3 is 3.10 bits per heavy atom. The van der Waals surface area contributed by atoms with Crippen LogP contribution in [-0.2, 0) is 14.3 Å². The zero-order valence-corrected chi connectivity index (χ0v) is 12.9. The van der Waals surface area contributed by atoms with Gasteiger partial charge in [-0.25, -0.2) is 15.0 Å². The van der Waals surface area contributed by atoms with Crippen molar-refractivity contribution < 1.29 is 14.3 Å². The van der Waals surface area contributed by atoms with Crippen molar-refractivity contribution >= 4 is 39.7 Å². The number of fused-ring (bicyclic) bond motifs is 1. The second-order valence-electron chi connectivity index (χ2n) is 4.50. The number of nitrogens with zero attached hydrogens (tertiary/aromatic N) is 4. The predicted octanol–water partition coefficient (Wildman–Crippen LogP) is 1.48. The first-order chi connectivity index (χ1) is 9.56. The van der Waals surface area contributed by atoms with Crippen molar-refractivity contribution in [2.75, 3.05) is 0 Å². The van der Waals surface area contributed by atoms with Gasteiger partial charge >= 0.3 is 5.97 Å². The number of ether oxygens (including phenoxy) is 2. The number of hydrogen-bond donors (Lipinski definition) is 0. The standard InChI is InChI=1S/C12H12IN4O3/c1-6-8(20-7(2)18)3-9(19-6)17-5-16-10-11(13)14-4-15-12(10)17/h4-6,8-9H,1,3H2,2H3/t6-,8+,9-/m1/s1. The number of halogens is 1. The average molecular weight is 387 g/mol. The minimum Gasteiger partial charge on any atom is -0.460 e. The van der Waals surface area contributed by atoms with Crippen LogP contribution in [0.5, 0.6) is 0 Å². The molecule has 0 aliphatic carbocycles. The number of esters is 1. The molecule has 1 fully saturated rings. The van der Waals surface area contributed by atoms with Crippen LogP contribution in [0, 0.1) is 10.6 Å². The summed E-state index contributed by atoms with van der Waals surface area (Å²) in [4.78, 5) is 23.7. The third-order valence-electron chi connectivity index (χ3n) is 3.12. The zero-order valence-electron chi connectivity index (χ0n) is 10.7. The highest BCUT2D eigenvalue weighted by Gasteiger charge is 2.36. The monoisotopic (exact) mass is 387 g/mol. The van der Waals surface area contributed by atoms with Gasteiger partial charge in [-0.1, -0.05) is 0 Å². The third kappa shape index (κ3) is 2.37. The van der Waals surface area contributed by atoms with Crippen LogP contribution < -0.4 is 0 Å². The van der Waals surface area contributed by atoms with Gasteiger partial charge in [-0.3, -0.25) is 9.36 Å². The van der Waals surface area contributed by atoms with Gasteiger partial charge in [0, 0.05) is 13.3 Å². The van der Waals surface area contributed by atoms with Crippen molar-refractivity contribution in [1.29, 1.82) is 0 Å². The number of carbonyl (C=O) groups is 1. The van der Waals surface area contributed by atoms with Crippen LogP contribution in [0.15, 0.2) is 12.7 Å². The molecule has 2 aromatic rings. The molecular weight excluding hydrogens is 375 g/mol. The van der Waals surface area contributed by atoms with Crippen molar-refractivity contribution in [2.24, 2.45) is 0 Å². The van der Waals surface area contributed by atoms with Crippen LogP contribution in [0.1, 0.15) is 19.6 Å². The van der Waals surface area contributed by atoms with Crippen LogP contribution in [0.3, 0.4) is 0 Å². The summed E-state index contributed by atoms with van der Waals surface area (Å²) in [6.45, 7) is 5.24. The van der Waals surface area contributed by atoms with E-state index < -0.39 is 6.10 Å². The lowest BCUT2D eigenvalue weighted by Crippen LogP contribution is -2.23. The Morgan fingerprint density at radius 2 is 2.35 bits per heavy atom. The first-order valence-electron chi connectivity index (χ1n) is 6.05. The topological polar surface area (TPSA) is 79.1 Å². The van der Waals surface area contributed by atoms with Crippen LogP contribution in [0.2, 0.25) is 0 Å². The van der Waals surface area contributed by atoms with E-state index in [9.17, 15) is 4.79 Å². The molecule has 8 heteroatoms. The van der Waals surface area contributed by atoms with E-state index in [1.54, 1.807) is 6.33 Å². The minimum absolute atomic E-state index is 0.294. The maximum atomic E-state index is 11.0. The highest BCUT2D eigenvalue weighted by Crippen LogP contribution is 2.32. The van der Waals surface area contributed by atoms with Gasteiger partial charge in [0.05, 0.1) is 12.4 Å². The highest BCUT2D eigenvalue weighted by atomic mass is 127. The number of rotatable bonds is 2. The molecule has 0 bridgehead atoms. The molecule has 7 nitrogen and oxygen atoms in total. The molecule has 0 unspecified atom stereocenters. The summed E-state index contributed by atoms with van der Waals surface area (Å²) >= 11 is 2.11. The van der Waals surface area contributed by atoms with Gasteiger partial charge in [-0.15, -0.1) is 0 Å². The Morgan fingerprint density at radius 1 is 1.55 bits per heavy atom. The number of aromatic nitrogens is 4. The second-order valence-corrected chi connectivity index (χ2v) is 5.52. The largest absolute Gasteiger partial charge is 0.460 e. The molecule has 1 radical (unpaired) electrons. The molecule has 105 valence electrons. The lowest BCUT2D eigenvalue weighted by Gasteiger charge is -2.12. The molecule has 3 atom stereocenters. The van der Waals surface area contributed by atoms with Gasteiger partial charge in [0.1, 0.15) is 27.9 Å². The smallest absolute Gasteiger partial charge is 0.302 e. The Bertz CT molecular complexity index is 659. The van der Waals surface area contributed by atoms with Crippen molar-refractivity contribution in [3.05, 3.63) is 23.3 Å². The van der Waals surface area contributed by atoms with Gasteiger partial charge in [0.25, 0.3) is 0 Å². The van der Waals surface area contributed by atoms with E-state index in [0.29, 0.717) is 12.1 Å². The van der Waals surface area contributed by atoms with E-state index in [0.717, 1.165) is 9.22 Å². The lowest BCUT2D eigenvalue weighted by molar-refractivity contribution is -0.147. The molecule has 1 aliphatic rings. The highest BCUT2D eigenvalue weighted by molar-refractivity contribution is 14.1. The molecule has 3 rings (SSSR count). The summed E-state index contributed by atoms with van der Waals surface area (Å²) in [7, 11) is 0. The molecule has 1 aliphatic heterocycles. The molecule has 3 heterocycles. The summed E-state index contributed by atoms with van der Waals surface area (Å²) in [6.07, 6.45) is 2.63. The second kappa shape index (κ2) is 5.24. The van der Waals surface area contributed by atoms with Gasteiger partial charge in [-0.2, -0.15) is 0 Å². The molecule has 0 saturated carbocycles.